The van der Waals surface area contributed by atoms with Gasteiger partial charge in [-0.3, -0.25) is 14.8 Å². The number of nitrogens with zero attached hydrogens (tertiary/aromatic N) is 2. The second kappa shape index (κ2) is 7.97. The van der Waals surface area contributed by atoms with Crippen LogP contribution in [0.1, 0.15) is 36.3 Å². The molecule has 136 valence electrons. The van der Waals surface area contributed by atoms with E-state index in [0.717, 1.165) is 49.2 Å². The number of benzene rings is 1. The van der Waals surface area contributed by atoms with Crippen LogP contribution in [0.2, 0.25) is 0 Å². The molecule has 1 aliphatic heterocycles. The number of fused-ring (bicyclic) bond motifs is 1. The molecular weight excluding hydrogens is 316 g/mol. The number of aromatic amines is 1. The van der Waals surface area contributed by atoms with Crippen LogP contribution in [-0.2, 0) is 4.74 Å². The van der Waals surface area contributed by atoms with Gasteiger partial charge in [0.25, 0.3) is 5.91 Å². The van der Waals surface area contributed by atoms with Gasteiger partial charge in [0.1, 0.15) is 0 Å². The third-order valence-electron chi connectivity index (χ3n) is 4.74. The van der Waals surface area contributed by atoms with E-state index in [0.29, 0.717) is 24.2 Å². The molecule has 1 unspecified atom stereocenters. The van der Waals surface area contributed by atoms with Gasteiger partial charge in [0.15, 0.2) is 5.69 Å². The lowest BCUT2D eigenvalue weighted by Crippen LogP contribution is -2.49. The molecule has 2 N–H and O–H groups in total. The summed E-state index contributed by atoms with van der Waals surface area (Å²) in [5.41, 5.74) is 2.49. The number of aryl methyl sites for hydroxylation is 1. The van der Waals surface area contributed by atoms with Crippen molar-refractivity contribution in [1.29, 1.82) is 0 Å². The van der Waals surface area contributed by atoms with Crippen LogP contribution in [0.5, 0.6) is 0 Å². The SMILES string of the molecule is Cc1ccc2[nH]nc(C(=O)NCC(CC(C)C)N3CCOCC3)c2c1. The highest BCUT2D eigenvalue weighted by atomic mass is 16.5. The monoisotopic (exact) mass is 344 g/mol. The fourth-order valence-electron chi connectivity index (χ4n) is 3.44. The summed E-state index contributed by atoms with van der Waals surface area (Å²) in [5.74, 6) is 0.470. The Morgan fingerprint density at radius 2 is 2.12 bits per heavy atom. The predicted octanol–water partition coefficient (Wildman–Crippen LogP) is 2.35. The lowest BCUT2D eigenvalue weighted by Gasteiger charge is -2.35. The topological polar surface area (TPSA) is 70.2 Å². The number of aromatic nitrogens is 2. The zero-order valence-corrected chi connectivity index (χ0v) is 15.3. The Morgan fingerprint density at radius 1 is 1.36 bits per heavy atom. The minimum atomic E-state index is -0.112. The van der Waals surface area contributed by atoms with Crippen LogP contribution in [0.4, 0.5) is 0 Å². The average Bonchev–Trinajstić information content (AvgIpc) is 3.02. The smallest absolute Gasteiger partial charge is 0.272 e. The minimum Gasteiger partial charge on any atom is -0.379 e. The van der Waals surface area contributed by atoms with Crippen LogP contribution in [0.15, 0.2) is 18.2 Å². The molecule has 1 fully saturated rings. The third-order valence-corrected chi connectivity index (χ3v) is 4.74. The quantitative estimate of drug-likeness (QED) is 0.844. The van der Waals surface area contributed by atoms with Gasteiger partial charge >= 0.3 is 0 Å². The van der Waals surface area contributed by atoms with Gasteiger partial charge in [-0.25, -0.2) is 0 Å². The van der Waals surface area contributed by atoms with Crippen molar-refractivity contribution in [2.75, 3.05) is 32.8 Å². The molecule has 1 amide bonds. The number of hydrogen-bond acceptors (Lipinski definition) is 4. The summed E-state index contributed by atoms with van der Waals surface area (Å²) in [6.07, 6.45) is 1.06. The summed E-state index contributed by atoms with van der Waals surface area (Å²) in [6.45, 7) is 10.5. The molecule has 3 rings (SSSR count). The molecule has 1 aromatic carbocycles. The van der Waals surface area contributed by atoms with Gasteiger partial charge in [0.2, 0.25) is 0 Å². The van der Waals surface area contributed by atoms with E-state index >= 15 is 0 Å². The maximum atomic E-state index is 12.7. The van der Waals surface area contributed by atoms with Crippen LogP contribution < -0.4 is 5.32 Å². The van der Waals surface area contributed by atoms with Gasteiger partial charge in [-0.05, 0) is 31.4 Å². The number of hydrogen-bond donors (Lipinski definition) is 2. The summed E-state index contributed by atoms with van der Waals surface area (Å²) in [5, 5.41) is 11.1. The number of nitrogens with one attached hydrogen (secondary N) is 2. The van der Waals surface area contributed by atoms with Gasteiger partial charge in [0, 0.05) is 31.1 Å². The van der Waals surface area contributed by atoms with Crippen molar-refractivity contribution in [1.82, 2.24) is 20.4 Å². The molecule has 0 spiro atoms. The van der Waals surface area contributed by atoms with Gasteiger partial charge in [-0.2, -0.15) is 5.10 Å². The summed E-state index contributed by atoms with van der Waals surface area (Å²) < 4.78 is 5.46. The van der Waals surface area contributed by atoms with E-state index in [2.05, 4.69) is 34.3 Å². The first-order chi connectivity index (χ1) is 12.0. The molecular formula is C19H28N4O2. The number of H-pyrrole nitrogens is 1. The number of carbonyl (C=O) groups is 1. The highest BCUT2D eigenvalue weighted by Crippen LogP contribution is 2.18. The zero-order valence-electron chi connectivity index (χ0n) is 15.3. The Balaban J connectivity index is 1.68. The molecule has 25 heavy (non-hydrogen) atoms. The summed E-state index contributed by atoms with van der Waals surface area (Å²) in [6, 6.07) is 6.31. The molecule has 1 aromatic heterocycles. The molecule has 2 heterocycles. The Hall–Kier alpha value is -1.92. The molecule has 1 saturated heterocycles. The molecule has 6 heteroatoms. The largest absolute Gasteiger partial charge is 0.379 e. The van der Waals surface area contributed by atoms with E-state index in [1.54, 1.807) is 0 Å². The molecule has 0 saturated carbocycles. The van der Waals surface area contributed by atoms with E-state index in [1.165, 1.54) is 0 Å². The van der Waals surface area contributed by atoms with Crippen molar-refractivity contribution in [3.05, 3.63) is 29.5 Å². The van der Waals surface area contributed by atoms with E-state index < -0.39 is 0 Å². The Kier molecular flexibility index (Phi) is 5.71. The van der Waals surface area contributed by atoms with E-state index in [4.69, 9.17) is 4.74 Å². The van der Waals surface area contributed by atoms with E-state index in [-0.39, 0.29) is 5.91 Å². The van der Waals surface area contributed by atoms with E-state index in [9.17, 15) is 4.79 Å². The van der Waals surface area contributed by atoms with E-state index in [1.807, 2.05) is 25.1 Å². The normalized spacial score (nSPS) is 17.1. The Bertz CT molecular complexity index is 719. The molecule has 6 nitrogen and oxygen atoms in total. The molecule has 2 aromatic rings. The molecule has 0 radical (unpaired) electrons. The maximum absolute atomic E-state index is 12.7. The van der Waals surface area contributed by atoms with Crippen molar-refractivity contribution < 1.29 is 9.53 Å². The highest BCUT2D eigenvalue weighted by Gasteiger charge is 2.23. The van der Waals surface area contributed by atoms with Crippen molar-refractivity contribution >= 4 is 16.8 Å². The van der Waals surface area contributed by atoms with Crippen LogP contribution in [-0.4, -0.2) is 59.9 Å². The molecule has 1 atom stereocenters. The zero-order chi connectivity index (χ0) is 17.8. The summed E-state index contributed by atoms with van der Waals surface area (Å²) >= 11 is 0. The molecule has 0 aliphatic carbocycles. The first-order valence-electron chi connectivity index (χ1n) is 9.09. The standard InChI is InChI=1S/C19H28N4O2/c1-13(2)10-15(23-6-8-25-9-7-23)12-20-19(24)18-16-11-14(3)4-5-17(16)21-22-18/h4-5,11,13,15H,6-10,12H2,1-3H3,(H,20,24)(H,21,22). The van der Waals surface area contributed by atoms with Gasteiger partial charge in [-0.1, -0.05) is 25.5 Å². The third kappa shape index (κ3) is 4.38. The van der Waals surface area contributed by atoms with Crippen molar-refractivity contribution in [3.8, 4) is 0 Å². The average molecular weight is 344 g/mol. The van der Waals surface area contributed by atoms with Crippen LogP contribution >= 0.6 is 0 Å². The van der Waals surface area contributed by atoms with Crippen molar-refractivity contribution in [3.63, 3.8) is 0 Å². The maximum Gasteiger partial charge on any atom is 0.272 e. The number of carbonyl (C=O) groups excluding carboxylic acids is 1. The van der Waals surface area contributed by atoms with Crippen LogP contribution in [0, 0.1) is 12.8 Å². The number of morpholine rings is 1. The predicted molar refractivity (Wildman–Crippen MR) is 98.8 cm³/mol. The minimum absolute atomic E-state index is 0.112. The first kappa shape index (κ1) is 17.9. The Labute approximate surface area is 148 Å². The van der Waals surface area contributed by atoms with Crippen LogP contribution in [0.3, 0.4) is 0 Å². The Morgan fingerprint density at radius 3 is 2.84 bits per heavy atom. The van der Waals surface area contributed by atoms with Crippen LogP contribution in [0.25, 0.3) is 10.9 Å². The first-order valence-corrected chi connectivity index (χ1v) is 9.09. The second-order valence-corrected chi connectivity index (χ2v) is 7.26. The van der Waals surface area contributed by atoms with Crippen molar-refractivity contribution in [2.45, 2.75) is 33.2 Å². The molecule has 0 bridgehead atoms. The number of rotatable bonds is 6. The summed E-state index contributed by atoms with van der Waals surface area (Å²) in [7, 11) is 0. The summed E-state index contributed by atoms with van der Waals surface area (Å²) in [4.78, 5) is 15.1. The fraction of sp³-hybridized carbons (Fsp3) is 0.579. The molecule has 1 aliphatic rings. The highest BCUT2D eigenvalue weighted by molar-refractivity contribution is 6.04. The van der Waals surface area contributed by atoms with Gasteiger partial charge in [-0.15, -0.1) is 0 Å². The second-order valence-electron chi connectivity index (χ2n) is 7.26. The number of amides is 1. The number of ether oxygens (including phenoxy) is 1. The van der Waals surface area contributed by atoms with Gasteiger partial charge < -0.3 is 10.1 Å². The fourth-order valence-corrected chi connectivity index (χ4v) is 3.44. The van der Waals surface area contributed by atoms with Gasteiger partial charge in [0.05, 0.1) is 18.7 Å². The van der Waals surface area contributed by atoms with Crippen molar-refractivity contribution in [2.24, 2.45) is 5.92 Å². The lowest BCUT2D eigenvalue weighted by molar-refractivity contribution is 0.0124. The lowest BCUT2D eigenvalue weighted by atomic mass is 10.0.